The Morgan fingerprint density at radius 2 is 1.78 bits per heavy atom. The molecule has 0 bridgehead atoms. The highest BCUT2D eigenvalue weighted by Crippen LogP contribution is 2.23. The molecule has 1 amide bonds. The SMILES string of the molecule is C[C@@H](C(N)=O)N1CCN(Cc2ccc(OC(F)(F)F)cc2)CC1. The van der Waals surface area contributed by atoms with Gasteiger partial charge in [0.15, 0.2) is 0 Å². The van der Waals surface area contributed by atoms with E-state index in [1.165, 1.54) is 12.1 Å². The van der Waals surface area contributed by atoms with Crippen molar-refractivity contribution < 1.29 is 22.7 Å². The second-order valence-corrected chi connectivity index (χ2v) is 5.58. The van der Waals surface area contributed by atoms with Crippen LogP contribution in [0.1, 0.15) is 12.5 Å². The minimum atomic E-state index is -4.67. The van der Waals surface area contributed by atoms with E-state index >= 15 is 0 Å². The molecule has 2 N–H and O–H groups in total. The van der Waals surface area contributed by atoms with Gasteiger partial charge in [-0.15, -0.1) is 13.2 Å². The Labute approximate surface area is 132 Å². The van der Waals surface area contributed by atoms with Crippen molar-refractivity contribution in [2.75, 3.05) is 26.2 Å². The molecular weight excluding hydrogens is 311 g/mol. The van der Waals surface area contributed by atoms with E-state index in [0.29, 0.717) is 6.54 Å². The van der Waals surface area contributed by atoms with E-state index in [0.717, 1.165) is 31.7 Å². The number of halogens is 3. The molecule has 1 fully saturated rings. The van der Waals surface area contributed by atoms with Crippen LogP contribution in [0.15, 0.2) is 24.3 Å². The van der Waals surface area contributed by atoms with Gasteiger partial charge in [-0.2, -0.15) is 0 Å². The maximum absolute atomic E-state index is 12.1. The van der Waals surface area contributed by atoms with Crippen LogP contribution in [-0.4, -0.2) is 54.3 Å². The zero-order valence-corrected chi connectivity index (χ0v) is 12.8. The maximum atomic E-state index is 12.1. The van der Waals surface area contributed by atoms with Gasteiger partial charge in [-0.25, -0.2) is 0 Å². The number of ether oxygens (including phenoxy) is 1. The predicted octanol–water partition coefficient (Wildman–Crippen LogP) is 1.58. The molecule has 1 saturated heterocycles. The summed E-state index contributed by atoms with van der Waals surface area (Å²) in [5.74, 6) is -0.556. The minimum Gasteiger partial charge on any atom is -0.406 e. The fraction of sp³-hybridized carbons (Fsp3) is 0.533. The molecule has 1 atom stereocenters. The Kier molecular flexibility index (Phi) is 5.48. The first-order valence-corrected chi connectivity index (χ1v) is 7.35. The highest BCUT2D eigenvalue weighted by atomic mass is 19.4. The number of alkyl halides is 3. The summed E-state index contributed by atoms with van der Waals surface area (Å²) in [6, 6.07) is 5.59. The van der Waals surface area contributed by atoms with Crippen molar-refractivity contribution in [1.82, 2.24) is 9.80 Å². The topological polar surface area (TPSA) is 58.8 Å². The van der Waals surface area contributed by atoms with Crippen molar-refractivity contribution in [2.45, 2.75) is 25.9 Å². The molecular formula is C15H20F3N3O2. The van der Waals surface area contributed by atoms with Gasteiger partial charge in [-0.3, -0.25) is 14.6 Å². The number of carbonyl (C=O) groups excluding carboxylic acids is 1. The Bertz CT molecular complexity index is 526. The molecule has 5 nitrogen and oxygen atoms in total. The molecule has 0 unspecified atom stereocenters. The van der Waals surface area contributed by atoms with Crippen molar-refractivity contribution in [2.24, 2.45) is 5.73 Å². The zero-order valence-electron chi connectivity index (χ0n) is 12.8. The van der Waals surface area contributed by atoms with Crippen molar-refractivity contribution in [3.63, 3.8) is 0 Å². The lowest BCUT2D eigenvalue weighted by Crippen LogP contribution is -2.52. The lowest BCUT2D eigenvalue weighted by Gasteiger charge is -2.36. The van der Waals surface area contributed by atoms with E-state index in [9.17, 15) is 18.0 Å². The van der Waals surface area contributed by atoms with E-state index < -0.39 is 6.36 Å². The second-order valence-electron chi connectivity index (χ2n) is 5.58. The fourth-order valence-electron chi connectivity index (χ4n) is 2.54. The summed E-state index contributed by atoms with van der Waals surface area (Å²) in [5.41, 5.74) is 6.21. The van der Waals surface area contributed by atoms with Gasteiger partial charge >= 0.3 is 6.36 Å². The second kappa shape index (κ2) is 7.18. The highest BCUT2D eigenvalue weighted by molar-refractivity contribution is 5.79. The molecule has 2 rings (SSSR count). The van der Waals surface area contributed by atoms with Crippen LogP contribution in [0.3, 0.4) is 0 Å². The number of hydrogen-bond acceptors (Lipinski definition) is 4. The number of nitrogens with two attached hydrogens (primary N) is 1. The Balaban J connectivity index is 1.83. The number of rotatable bonds is 5. The molecule has 0 aliphatic carbocycles. The van der Waals surface area contributed by atoms with Crippen LogP contribution in [0.25, 0.3) is 0 Å². The average molecular weight is 331 g/mol. The number of piperazine rings is 1. The van der Waals surface area contributed by atoms with E-state index in [2.05, 4.69) is 9.64 Å². The smallest absolute Gasteiger partial charge is 0.406 e. The van der Waals surface area contributed by atoms with Crippen molar-refractivity contribution >= 4 is 5.91 Å². The summed E-state index contributed by atoms with van der Waals surface area (Å²) in [5, 5.41) is 0. The lowest BCUT2D eigenvalue weighted by molar-refractivity contribution is -0.274. The van der Waals surface area contributed by atoms with Crippen molar-refractivity contribution in [3.8, 4) is 5.75 Å². The van der Waals surface area contributed by atoms with Gasteiger partial charge in [0.1, 0.15) is 5.75 Å². The van der Waals surface area contributed by atoms with Gasteiger partial charge in [0.25, 0.3) is 0 Å². The van der Waals surface area contributed by atoms with E-state index in [1.807, 2.05) is 4.90 Å². The molecule has 1 heterocycles. The molecule has 1 aromatic rings. The van der Waals surface area contributed by atoms with Crippen LogP contribution in [0, 0.1) is 0 Å². The highest BCUT2D eigenvalue weighted by Gasteiger charge is 2.31. The minimum absolute atomic E-state index is 0.221. The average Bonchev–Trinajstić information content (AvgIpc) is 2.48. The van der Waals surface area contributed by atoms with E-state index in [4.69, 9.17) is 5.73 Å². The fourth-order valence-corrected chi connectivity index (χ4v) is 2.54. The summed E-state index contributed by atoms with van der Waals surface area (Å²) >= 11 is 0. The van der Waals surface area contributed by atoms with Gasteiger partial charge in [-0.05, 0) is 24.6 Å². The monoisotopic (exact) mass is 331 g/mol. The Morgan fingerprint density at radius 3 is 2.26 bits per heavy atom. The summed E-state index contributed by atoms with van der Waals surface area (Å²) < 4.78 is 40.2. The van der Waals surface area contributed by atoms with Crippen molar-refractivity contribution in [3.05, 3.63) is 29.8 Å². The van der Waals surface area contributed by atoms with E-state index in [-0.39, 0.29) is 17.7 Å². The third-order valence-electron chi connectivity index (χ3n) is 3.93. The number of amides is 1. The van der Waals surface area contributed by atoms with Gasteiger partial charge < -0.3 is 10.5 Å². The Morgan fingerprint density at radius 1 is 1.22 bits per heavy atom. The maximum Gasteiger partial charge on any atom is 0.573 e. The largest absolute Gasteiger partial charge is 0.573 e. The molecule has 8 heteroatoms. The molecule has 1 aliphatic rings. The van der Waals surface area contributed by atoms with Crippen LogP contribution in [0.2, 0.25) is 0 Å². The van der Waals surface area contributed by atoms with Gasteiger partial charge in [0.05, 0.1) is 6.04 Å². The summed E-state index contributed by atoms with van der Waals surface area (Å²) in [6.45, 7) is 5.46. The third kappa shape index (κ3) is 5.40. The standard InChI is InChI=1S/C15H20F3N3O2/c1-11(14(19)22)21-8-6-20(7-9-21)10-12-2-4-13(5-3-12)23-15(16,17)18/h2-5,11H,6-10H2,1H3,(H2,19,22)/t11-/m0/s1. The summed E-state index contributed by atoms with van der Waals surface area (Å²) in [6.07, 6.45) is -4.67. The van der Waals surface area contributed by atoms with Gasteiger partial charge in [0, 0.05) is 32.7 Å². The van der Waals surface area contributed by atoms with Crippen LogP contribution < -0.4 is 10.5 Å². The normalized spacial score (nSPS) is 18.6. The molecule has 0 aromatic heterocycles. The number of nitrogens with zero attached hydrogens (tertiary/aromatic N) is 2. The molecule has 0 saturated carbocycles. The molecule has 1 aromatic carbocycles. The predicted molar refractivity (Wildman–Crippen MR) is 78.6 cm³/mol. The van der Waals surface area contributed by atoms with Crippen LogP contribution in [0.5, 0.6) is 5.75 Å². The molecule has 128 valence electrons. The van der Waals surface area contributed by atoms with E-state index in [1.54, 1.807) is 19.1 Å². The quantitative estimate of drug-likeness (QED) is 0.890. The molecule has 0 spiro atoms. The number of carbonyl (C=O) groups is 1. The van der Waals surface area contributed by atoms with Gasteiger partial charge in [0.2, 0.25) is 5.91 Å². The summed E-state index contributed by atoms with van der Waals surface area (Å²) in [4.78, 5) is 15.4. The van der Waals surface area contributed by atoms with Crippen LogP contribution in [-0.2, 0) is 11.3 Å². The first-order chi connectivity index (χ1) is 10.7. The van der Waals surface area contributed by atoms with Gasteiger partial charge in [-0.1, -0.05) is 12.1 Å². The zero-order chi connectivity index (χ0) is 17.0. The lowest BCUT2D eigenvalue weighted by atomic mass is 10.1. The molecule has 0 radical (unpaired) electrons. The first kappa shape index (κ1) is 17.6. The number of hydrogen-bond donors (Lipinski definition) is 1. The van der Waals surface area contributed by atoms with Crippen molar-refractivity contribution in [1.29, 1.82) is 0 Å². The number of primary amides is 1. The number of benzene rings is 1. The molecule has 23 heavy (non-hydrogen) atoms. The third-order valence-corrected chi connectivity index (χ3v) is 3.93. The van der Waals surface area contributed by atoms with Crippen LogP contribution in [0.4, 0.5) is 13.2 Å². The molecule has 1 aliphatic heterocycles. The Hall–Kier alpha value is -1.80. The summed E-state index contributed by atoms with van der Waals surface area (Å²) in [7, 11) is 0. The van der Waals surface area contributed by atoms with Crippen LogP contribution >= 0.6 is 0 Å². The first-order valence-electron chi connectivity index (χ1n) is 7.35.